The third-order valence-corrected chi connectivity index (χ3v) is 5.59. The van der Waals surface area contributed by atoms with E-state index in [0.717, 1.165) is 24.5 Å². The molecule has 0 amide bonds. The van der Waals surface area contributed by atoms with Crippen molar-refractivity contribution in [3.8, 4) is 0 Å². The first-order valence-corrected chi connectivity index (χ1v) is 14.4. The maximum atomic E-state index is 5.18. The molecule has 2 aliphatic heterocycles. The number of rotatable bonds is 6. The molecule has 0 radical (unpaired) electrons. The largest absolute Gasteiger partial charge is 0.384 e. The van der Waals surface area contributed by atoms with Crippen LogP contribution < -0.4 is 0 Å². The van der Waals surface area contributed by atoms with Gasteiger partial charge in [-0.25, -0.2) is 0 Å². The molecule has 0 bridgehead atoms. The van der Waals surface area contributed by atoms with Crippen LogP contribution in [0.1, 0.15) is 109 Å². The predicted molar refractivity (Wildman–Crippen MR) is 155 cm³/mol. The summed E-state index contributed by atoms with van der Waals surface area (Å²) in [6.45, 7) is 32.5. The lowest BCUT2D eigenvalue weighted by atomic mass is 9.97. The molecule has 33 heavy (non-hydrogen) atoms. The Morgan fingerprint density at radius 1 is 0.697 bits per heavy atom. The summed E-state index contributed by atoms with van der Waals surface area (Å²) in [6.07, 6.45) is 5.49. The lowest BCUT2D eigenvalue weighted by Gasteiger charge is -2.36. The van der Waals surface area contributed by atoms with Gasteiger partial charge in [-0.05, 0) is 92.4 Å². The van der Waals surface area contributed by atoms with Crippen LogP contribution in [0.3, 0.4) is 0 Å². The van der Waals surface area contributed by atoms with Gasteiger partial charge in [0.25, 0.3) is 0 Å². The van der Waals surface area contributed by atoms with Crippen molar-refractivity contribution in [1.82, 2.24) is 14.7 Å². The zero-order chi connectivity index (χ0) is 26.8. The molecule has 0 aromatic rings. The van der Waals surface area contributed by atoms with Gasteiger partial charge in [-0.3, -0.25) is 0 Å². The second-order valence-corrected chi connectivity index (χ2v) is 8.91. The van der Waals surface area contributed by atoms with Crippen molar-refractivity contribution < 1.29 is 4.74 Å². The Kier molecular flexibility index (Phi) is 36.2. The Morgan fingerprint density at radius 2 is 1.06 bits per heavy atom. The zero-order valence-corrected chi connectivity index (χ0v) is 26.1. The molecule has 4 nitrogen and oxygen atoms in total. The molecule has 2 rings (SSSR count). The molecule has 0 saturated carbocycles. The van der Waals surface area contributed by atoms with E-state index in [2.05, 4.69) is 56.5 Å². The average molecular weight is 476 g/mol. The summed E-state index contributed by atoms with van der Waals surface area (Å²) in [5.41, 5.74) is 0. The fourth-order valence-electron chi connectivity index (χ4n) is 4.17. The van der Waals surface area contributed by atoms with E-state index >= 15 is 0 Å². The number of likely N-dealkylation sites (tertiary alicyclic amines) is 2. The lowest BCUT2D eigenvalue weighted by Crippen LogP contribution is -2.42. The van der Waals surface area contributed by atoms with Crippen LogP contribution in [0.4, 0.5) is 0 Å². The van der Waals surface area contributed by atoms with E-state index in [1.54, 1.807) is 7.11 Å². The van der Waals surface area contributed by atoms with E-state index < -0.39 is 0 Å². The van der Waals surface area contributed by atoms with Crippen molar-refractivity contribution in [2.24, 2.45) is 11.8 Å². The van der Waals surface area contributed by atoms with Crippen LogP contribution in [0.25, 0.3) is 0 Å². The third kappa shape index (κ3) is 23.4. The number of nitrogens with zero attached hydrogens (tertiary/aromatic N) is 3. The number of piperidine rings is 2. The van der Waals surface area contributed by atoms with Crippen LogP contribution in [0, 0.1) is 11.8 Å². The summed E-state index contributed by atoms with van der Waals surface area (Å²) in [5.74, 6) is 1.66. The number of hydrogen-bond donors (Lipinski definition) is 0. The molecule has 0 N–H and O–H groups in total. The molecule has 0 aromatic heterocycles. The van der Waals surface area contributed by atoms with E-state index in [4.69, 9.17) is 4.74 Å². The number of ether oxygens (including phenoxy) is 1. The Bertz CT molecular complexity index is 333. The van der Waals surface area contributed by atoms with Crippen LogP contribution in [-0.2, 0) is 4.74 Å². The van der Waals surface area contributed by atoms with Gasteiger partial charge in [0.05, 0.1) is 6.61 Å². The van der Waals surface area contributed by atoms with Gasteiger partial charge in [0.1, 0.15) is 0 Å². The van der Waals surface area contributed by atoms with Crippen LogP contribution in [0.2, 0.25) is 0 Å². The summed E-state index contributed by atoms with van der Waals surface area (Å²) < 4.78 is 5.18. The van der Waals surface area contributed by atoms with Crippen LogP contribution >= 0.6 is 0 Å². The van der Waals surface area contributed by atoms with Gasteiger partial charge in [0.2, 0.25) is 0 Å². The minimum atomic E-state index is 0.699. The fraction of sp³-hybridized carbons (Fsp3) is 1.00. The maximum absolute atomic E-state index is 5.18. The van der Waals surface area contributed by atoms with Gasteiger partial charge in [-0.15, -0.1) is 0 Å². The molecule has 4 heteroatoms. The molecule has 2 atom stereocenters. The standard InChI is InChI=1S/C11H24N2.C10H21NO.4C2H6/c1-10(2)13-7-5-6-11(9-13)8-12(3)4;1-9(2)11-6-4-5-10(7-11)8-12-3;4*1-2/h10-11H,5-9H2,1-4H3;9-10H,4-8H2,1-3H3;4*1-2H3. The molecule has 2 heterocycles. The first-order valence-electron chi connectivity index (χ1n) is 14.4. The molecular formula is C29H69N3O. The molecule has 2 saturated heterocycles. The van der Waals surface area contributed by atoms with E-state index in [-0.39, 0.29) is 0 Å². The normalized spacial score (nSPS) is 20.5. The smallest absolute Gasteiger partial charge is 0.0502 e. The Balaban J connectivity index is -0.000000196. The van der Waals surface area contributed by atoms with Crippen LogP contribution in [0.15, 0.2) is 0 Å². The zero-order valence-electron chi connectivity index (χ0n) is 26.1. The van der Waals surface area contributed by atoms with Crippen molar-refractivity contribution in [3.63, 3.8) is 0 Å². The molecule has 0 aliphatic carbocycles. The molecular weight excluding hydrogens is 406 g/mol. The topological polar surface area (TPSA) is 19.0 Å². The Hall–Kier alpha value is -0.160. The Morgan fingerprint density at radius 3 is 1.39 bits per heavy atom. The first-order chi connectivity index (χ1) is 15.8. The van der Waals surface area contributed by atoms with Crippen molar-refractivity contribution in [3.05, 3.63) is 0 Å². The maximum Gasteiger partial charge on any atom is 0.0502 e. The fourth-order valence-corrected chi connectivity index (χ4v) is 4.17. The molecule has 206 valence electrons. The molecule has 0 spiro atoms. The number of hydrogen-bond acceptors (Lipinski definition) is 4. The lowest BCUT2D eigenvalue weighted by molar-refractivity contribution is 0.0763. The summed E-state index contributed by atoms with van der Waals surface area (Å²) >= 11 is 0. The highest BCUT2D eigenvalue weighted by Crippen LogP contribution is 2.19. The summed E-state index contributed by atoms with van der Waals surface area (Å²) in [5, 5.41) is 0. The summed E-state index contributed by atoms with van der Waals surface area (Å²) in [4.78, 5) is 7.47. The predicted octanol–water partition coefficient (Wildman–Crippen LogP) is 7.53. The number of methoxy groups -OCH3 is 1. The van der Waals surface area contributed by atoms with Crippen LogP contribution in [-0.4, -0.2) is 87.3 Å². The van der Waals surface area contributed by atoms with Gasteiger partial charge >= 0.3 is 0 Å². The van der Waals surface area contributed by atoms with Crippen LogP contribution in [0.5, 0.6) is 0 Å². The summed E-state index contributed by atoms with van der Waals surface area (Å²) in [7, 11) is 6.15. The highest BCUT2D eigenvalue weighted by Gasteiger charge is 2.22. The minimum Gasteiger partial charge on any atom is -0.384 e. The van der Waals surface area contributed by atoms with Crippen molar-refractivity contribution in [1.29, 1.82) is 0 Å². The monoisotopic (exact) mass is 476 g/mol. The van der Waals surface area contributed by atoms with Gasteiger partial charge < -0.3 is 19.4 Å². The van der Waals surface area contributed by atoms with Gasteiger partial charge in [-0.2, -0.15) is 0 Å². The van der Waals surface area contributed by atoms with Crippen molar-refractivity contribution in [2.45, 2.75) is 121 Å². The third-order valence-electron chi connectivity index (χ3n) is 5.59. The highest BCUT2D eigenvalue weighted by atomic mass is 16.5. The van der Waals surface area contributed by atoms with Gasteiger partial charge in [0.15, 0.2) is 0 Å². The van der Waals surface area contributed by atoms with Gasteiger partial charge in [-0.1, -0.05) is 55.4 Å². The van der Waals surface area contributed by atoms with E-state index in [0.29, 0.717) is 6.04 Å². The minimum absolute atomic E-state index is 0.699. The first kappa shape index (κ1) is 40.0. The van der Waals surface area contributed by atoms with E-state index in [1.165, 1.54) is 58.4 Å². The van der Waals surface area contributed by atoms with E-state index in [9.17, 15) is 0 Å². The highest BCUT2D eigenvalue weighted by molar-refractivity contribution is 4.76. The summed E-state index contributed by atoms with van der Waals surface area (Å²) in [6, 6.07) is 1.43. The molecule has 0 aromatic carbocycles. The average Bonchev–Trinajstić information content (AvgIpc) is 2.85. The molecule has 2 unspecified atom stereocenters. The molecule has 2 fully saturated rings. The van der Waals surface area contributed by atoms with Crippen molar-refractivity contribution in [2.75, 3.05) is 60.5 Å². The molecule has 2 aliphatic rings. The quantitative estimate of drug-likeness (QED) is 0.395. The second kappa shape index (κ2) is 29.9. The van der Waals surface area contributed by atoms with Gasteiger partial charge in [0, 0.05) is 38.8 Å². The SMILES string of the molecule is CC.CC.CC.CC.CC(C)N1CCCC(CN(C)C)C1.COCC1CCCN(C(C)C)C1. The Labute approximate surface area is 212 Å². The van der Waals surface area contributed by atoms with E-state index in [1.807, 2.05) is 55.4 Å². The second-order valence-electron chi connectivity index (χ2n) is 8.91. The van der Waals surface area contributed by atoms with Crippen molar-refractivity contribution >= 4 is 0 Å².